The molecule has 0 fully saturated rings. The van der Waals surface area contributed by atoms with Gasteiger partial charge in [-0.25, -0.2) is 4.52 Å². The highest BCUT2D eigenvalue weighted by molar-refractivity contribution is 5.56. The topological polar surface area (TPSA) is 59.5 Å². The van der Waals surface area contributed by atoms with E-state index in [1.807, 2.05) is 18.3 Å². The summed E-state index contributed by atoms with van der Waals surface area (Å²) in [5, 5.41) is 4.03. The molecule has 2 aromatic heterocycles. The quantitative estimate of drug-likeness (QED) is 0.816. The number of nitrogens with two attached hydrogens (primary N) is 1. The molecule has 2 rings (SSSR count). The first-order valence-electron chi connectivity index (χ1n) is 5.11. The molecule has 0 bridgehead atoms. The van der Waals surface area contributed by atoms with Crippen LogP contribution in [-0.4, -0.2) is 27.7 Å². The Labute approximate surface area is 88.5 Å². The molecule has 2 heterocycles. The predicted octanol–water partition coefficient (Wildman–Crippen LogP) is 1.16. The van der Waals surface area contributed by atoms with Crippen LogP contribution in [0.25, 0.3) is 5.65 Å². The van der Waals surface area contributed by atoms with Gasteiger partial charge in [-0.2, -0.15) is 4.98 Å². The molecule has 0 amide bonds. The van der Waals surface area contributed by atoms with E-state index in [-0.39, 0.29) is 0 Å². The van der Waals surface area contributed by atoms with E-state index in [1.165, 1.54) is 0 Å². The van der Waals surface area contributed by atoms with Crippen LogP contribution in [-0.2, 0) is 0 Å². The Hall–Kier alpha value is -1.78. The van der Waals surface area contributed by atoms with Crippen LogP contribution in [0.2, 0.25) is 0 Å². The first-order chi connectivity index (χ1) is 7.24. The number of anilines is 2. The Bertz CT molecular complexity index is 458. The minimum atomic E-state index is 0.312. The van der Waals surface area contributed by atoms with E-state index in [2.05, 4.69) is 28.8 Å². The van der Waals surface area contributed by atoms with Crippen molar-refractivity contribution in [1.29, 1.82) is 0 Å². The van der Waals surface area contributed by atoms with Crippen LogP contribution in [0.1, 0.15) is 13.8 Å². The van der Waals surface area contributed by atoms with Gasteiger partial charge in [-0.05, 0) is 19.9 Å². The third-order valence-corrected chi connectivity index (χ3v) is 2.47. The van der Waals surface area contributed by atoms with E-state index in [9.17, 15) is 0 Å². The van der Waals surface area contributed by atoms with Crippen LogP contribution >= 0.6 is 0 Å². The first-order valence-corrected chi connectivity index (χ1v) is 5.11. The number of aromatic nitrogens is 3. The van der Waals surface area contributed by atoms with Crippen molar-refractivity contribution in [3.8, 4) is 0 Å². The van der Waals surface area contributed by atoms with Crippen LogP contribution in [0.5, 0.6) is 0 Å². The number of pyridine rings is 1. The van der Waals surface area contributed by atoms with Gasteiger partial charge >= 0.3 is 0 Å². The van der Waals surface area contributed by atoms with Gasteiger partial charge in [-0.3, -0.25) is 0 Å². The largest absolute Gasteiger partial charge is 0.372 e. The van der Waals surface area contributed by atoms with Gasteiger partial charge in [-0.15, -0.1) is 5.10 Å². The third kappa shape index (κ3) is 1.72. The summed E-state index contributed by atoms with van der Waals surface area (Å²) in [5.74, 6) is 0.312. The highest BCUT2D eigenvalue weighted by Gasteiger charge is 2.05. The molecule has 0 aromatic carbocycles. The maximum Gasteiger partial charge on any atom is 0.240 e. The molecule has 15 heavy (non-hydrogen) atoms. The number of hydrogen-bond acceptors (Lipinski definition) is 4. The summed E-state index contributed by atoms with van der Waals surface area (Å²) in [5.41, 5.74) is 7.47. The summed E-state index contributed by atoms with van der Waals surface area (Å²) in [4.78, 5) is 6.38. The molecule has 0 aliphatic heterocycles. The van der Waals surface area contributed by atoms with Gasteiger partial charge in [-0.1, -0.05) is 0 Å². The number of nitrogen functional groups attached to an aromatic ring is 1. The second-order valence-electron chi connectivity index (χ2n) is 3.33. The monoisotopic (exact) mass is 205 g/mol. The van der Waals surface area contributed by atoms with E-state index >= 15 is 0 Å². The van der Waals surface area contributed by atoms with Crippen molar-refractivity contribution < 1.29 is 0 Å². The normalized spacial score (nSPS) is 10.8. The van der Waals surface area contributed by atoms with Crippen molar-refractivity contribution in [2.24, 2.45) is 0 Å². The molecule has 0 aliphatic rings. The summed E-state index contributed by atoms with van der Waals surface area (Å²) in [6.45, 7) is 6.23. The molecular formula is C10H15N5. The Kier molecular flexibility index (Phi) is 2.45. The number of rotatable bonds is 3. The molecule has 5 heteroatoms. The molecule has 0 spiro atoms. The van der Waals surface area contributed by atoms with Crippen molar-refractivity contribution >= 4 is 17.3 Å². The lowest BCUT2D eigenvalue weighted by Crippen LogP contribution is -2.21. The van der Waals surface area contributed by atoms with Gasteiger partial charge in [0.05, 0.1) is 0 Å². The minimum absolute atomic E-state index is 0.312. The number of hydrogen-bond donors (Lipinski definition) is 1. The van der Waals surface area contributed by atoms with Gasteiger partial charge in [0.15, 0.2) is 5.65 Å². The highest BCUT2D eigenvalue weighted by Crippen LogP contribution is 2.15. The van der Waals surface area contributed by atoms with Crippen molar-refractivity contribution in [3.05, 3.63) is 18.3 Å². The molecule has 5 nitrogen and oxygen atoms in total. The lowest BCUT2D eigenvalue weighted by atomic mass is 10.3. The van der Waals surface area contributed by atoms with Gasteiger partial charge in [0.25, 0.3) is 0 Å². The van der Waals surface area contributed by atoms with E-state index in [0.717, 1.165) is 24.4 Å². The average Bonchev–Trinajstić information content (AvgIpc) is 2.59. The smallest absolute Gasteiger partial charge is 0.240 e. The molecule has 0 atom stereocenters. The van der Waals surface area contributed by atoms with E-state index in [1.54, 1.807) is 4.52 Å². The van der Waals surface area contributed by atoms with Crippen molar-refractivity contribution in [1.82, 2.24) is 14.6 Å². The molecule has 0 unspecified atom stereocenters. The van der Waals surface area contributed by atoms with Crippen LogP contribution < -0.4 is 10.6 Å². The Morgan fingerprint density at radius 2 is 2.13 bits per heavy atom. The molecule has 0 radical (unpaired) electrons. The van der Waals surface area contributed by atoms with Gasteiger partial charge in [0, 0.05) is 31.0 Å². The average molecular weight is 205 g/mol. The fourth-order valence-electron chi connectivity index (χ4n) is 1.67. The zero-order valence-corrected chi connectivity index (χ0v) is 9.01. The molecule has 0 saturated heterocycles. The summed E-state index contributed by atoms with van der Waals surface area (Å²) >= 11 is 0. The standard InChI is InChI=1S/C10H15N5/c1-3-14(4-2)8-5-6-15-9(7-8)12-10(11)13-15/h5-7H,3-4H2,1-2H3,(H2,11,13). The SMILES string of the molecule is CCN(CC)c1ccn2nc(N)nc2c1. The second-order valence-corrected chi connectivity index (χ2v) is 3.33. The maximum absolute atomic E-state index is 5.53. The molecule has 2 N–H and O–H groups in total. The summed E-state index contributed by atoms with van der Waals surface area (Å²) in [7, 11) is 0. The lowest BCUT2D eigenvalue weighted by Gasteiger charge is -2.20. The molecule has 80 valence electrons. The Balaban J connectivity index is 2.45. The first kappa shape index (κ1) is 9.76. The van der Waals surface area contributed by atoms with Gasteiger partial charge < -0.3 is 10.6 Å². The number of nitrogens with zero attached hydrogens (tertiary/aromatic N) is 4. The highest BCUT2D eigenvalue weighted by atomic mass is 15.3. The van der Waals surface area contributed by atoms with Crippen LogP contribution in [0.4, 0.5) is 11.6 Å². The third-order valence-electron chi connectivity index (χ3n) is 2.47. The van der Waals surface area contributed by atoms with Gasteiger partial charge in [0.2, 0.25) is 5.95 Å². The van der Waals surface area contributed by atoms with E-state index < -0.39 is 0 Å². The zero-order chi connectivity index (χ0) is 10.8. The predicted molar refractivity (Wildman–Crippen MR) is 61.0 cm³/mol. The fourth-order valence-corrected chi connectivity index (χ4v) is 1.67. The number of fused-ring (bicyclic) bond motifs is 1. The van der Waals surface area contributed by atoms with Crippen LogP contribution in [0, 0.1) is 0 Å². The summed E-state index contributed by atoms with van der Waals surface area (Å²) in [6, 6.07) is 4.02. The van der Waals surface area contributed by atoms with Gasteiger partial charge in [0.1, 0.15) is 0 Å². The minimum Gasteiger partial charge on any atom is -0.372 e. The summed E-state index contributed by atoms with van der Waals surface area (Å²) < 4.78 is 1.68. The van der Waals surface area contributed by atoms with Crippen LogP contribution in [0.3, 0.4) is 0 Å². The Morgan fingerprint density at radius 1 is 1.40 bits per heavy atom. The summed E-state index contributed by atoms with van der Waals surface area (Å²) in [6.07, 6.45) is 1.88. The lowest BCUT2D eigenvalue weighted by molar-refractivity contribution is 0.861. The Morgan fingerprint density at radius 3 is 2.80 bits per heavy atom. The second kappa shape index (κ2) is 3.76. The van der Waals surface area contributed by atoms with E-state index in [0.29, 0.717) is 5.95 Å². The van der Waals surface area contributed by atoms with E-state index in [4.69, 9.17) is 5.73 Å². The zero-order valence-electron chi connectivity index (χ0n) is 9.01. The molecule has 0 saturated carbocycles. The van der Waals surface area contributed by atoms with Crippen molar-refractivity contribution in [2.45, 2.75) is 13.8 Å². The fraction of sp³-hybridized carbons (Fsp3) is 0.400. The maximum atomic E-state index is 5.53. The van der Waals surface area contributed by atoms with Crippen molar-refractivity contribution in [3.63, 3.8) is 0 Å². The molecule has 2 aromatic rings. The molecular weight excluding hydrogens is 190 g/mol. The molecule has 0 aliphatic carbocycles. The van der Waals surface area contributed by atoms with Crippen LogP contribution in [0.15, 0.2) is 18.3 Å². The van der Waals surface area contributed by atoms with Crippen molar-refractivity contribution in [2.75, 3.05) is 23.7 Å².